The number of carbonyl (C=O) groups is 2. The van der Waals surface area contributed by atoms with Crippen LogP contribution < -0.4 is 5.32 Å². The van der Waals surface area contributed by atoms with Crippen molar-refractivity contribution < 1.29 is 37.3 Å². The summed E-state index contributed by atoms with van der Waals surface area (Å²) in [5.41, 5.74) is 0. The number of amides is 1. The highest BCUT2D eigenvalue weighted by Gasteiger charge is 2.30. The highest BCUT2D eigenvalue weighted by molar-refractivity contribution is 7.47. The molecule has 0 spiro atoms. The monoisotopic (exact) mass is 1210 g/mol. The zero-order valence-electron chi connectivity index (χ0n) is 56.6. The van der Waals surface area contributed by atoms with E-state index in [1.165, 1.54) is 186 Å². The maximum absolute atomic E-state index is 13.6. The van der Waals surface area contributed by atoms with Crippen molar-refractivity contribution in [2.75, 3.05) is 40.9 Å². The fourth-order valence-electron chi connectivity index (χ4n) is 10.3. The van der Waals surface area contributed by atoms with Crippen LogP contribution in [0, 0.1) is 0 Å². The Labute approximate surface area is 526 Å². The quantitative estimate of drug-likeness (QED) is 0.0205. The van der Waals surface area contributed by atoms with Gasteiger partial charge < -0.3 is 19.4 Å². The van der Waals surface area contributed by atoms with Crippen molar-refractivity contribution in [3.63, 3.8) is 0 Å². The molecule has 85 heavy (non-hydrogen) atoms. The lowest BCUT2D eigenvalue weighted by atomic mass is 10.0. The molecule has 0 rings (SSSR count). The van der Waals surface area contributed by atoms with Gasteiger partial charge in [0.25, 0.3) is 0 Å². The van der Waals surface area contributed by atoms with Gasteiger partial charge in [-0.05, 0) is 102 Å². The van der Waals surface area contributed by atoms with Crippen molar-refractivity contribution in [3.05, 3.63) is 85.1 Å². The van der Waals surface area contributed by atoms with Crippen LogP contribution in [0.25, 0.3) is 0 Å². The van der Waals surface area contributed by atoms with E-state index < -0.39 is 20.0 Å². The van der Waals surface area contributed by atoms with Crippen LogP contribution in [-0.4, -0.2) is 74.3 Å². The topological polar surface area (TPSA) is 111 Å². The third-order valence-corrected chi connectivity index (χ3v) is 16.8. The molecule has 3 atom stereocenters. The largest absolute Gasteiger partial charge is 0.472 e. The van der Waals surface area contributed by atoms with Crippen molar-refractivity contribution in [1.82, 2.24) is 5.32 Å². The third kappa shape index (κ3) is 65.5. The van der Waals surface area contributed by atoms with E-state index >= 15 is 0 Å². The molecule has 0 bridgehead atoms. The van der Waals surface area contributed by atoms with Gasteiger partial charge in [-0.25, -0.2) is 4.57 Å². The number of esters is 1. The number of rotatable bonds is 65. The number of phosphoric acid groups is 1. The second kappa shape index (κ2) is 64.2. The van der Waals surface area contributed by atoms with Crippen LogP contribution >= 0.6 is 7.82 Å². The lowest BCUT2D eigenvalue weighted by Crippen LogP contribution is -2.47. The fraction of sp³-hybridized carbons (Fsp3) is 0.787. The van der Waals surface area contributed by atoms with Gasteiger partial charge in [-0.1, -0.05) is 299 Å². The van der Waals surface area contributed by atoms with Gasteiger partial charge in [-0.2, -0.15) is 0 Å². The predicted molar refractivity (Wildman–Crippen MR) is 369 cm³/mol. The Balaban J connectivity index is 5.01. The summed E-state index contributed by atoms with van der Waals surface area (Å²) in [5.74, 6) is -0.520. The van der Waals surface area contributed by atoms with Crippen molar-refractivity contribution >= 4 is 19.7 Å². The van der Waals surface area contributed by atoms with Gasteiger partial charge >= 0.3 is 13.8 Å². The lowest BCUT2D eigenvalue weighted by Gasteiger charge is -2.27. The summed E-state index contributed by atoms with van der Waals surface area (Å²) in [6, 6.07) is -0.860. The van der Waals surface area contributed by atoms with Gasteiger partial charge in [0.1, 0.15) is 19.3 Å². The third-order valence-electron chi connectivity index (χ3n) is 15.8. The minimum absolute atomic E-state index is 0.0349. The Morgan fingerprint density at radius 1 is 0.424 bits per heavy atom. The molecule has 2 N–H and O–H groups in total. The Kier molecular flexibility index (Phi) is 62.1. The van der Waals surface area contributed by atoms with E-state index in [0.29, 0.717) is 23.9 Å². The minimum atomic E-state index is -4.46. The molecular weight excluding hydrogens is 1070 g/mol. The molecule has 0 aliphatic carbocycles. The average molecular weight is 1210 g/mol. The predicted octanol–water partition coefficient (Wildman–Crippen LogP) is 22.9. The van der Waals surface area contributed by atoms with Crippen LogP contribution in [0.2, 0.25) is 0 Å². The van der Waals surface area contributed by atoms with Crippen LogP contribution in [0.5, 0.6) is 0 Å². The summed E-state index contributed by atoms with van der Waals surface area (Å²) in [7, 11) is 1.49. The summed E-state index contributed by atoms with van der Waals surface area (Å²) in [6.45, 7) is 6.91. The molecule has 0 aliphatic heterocycles. The van der Waals surface area contributed by atoms with Gasteiger partial charge in [-0.3, -0.25) is 18.6 Å². The first-order chi connectivity index (χ1) is 41.4. The maximum Gasteiger partial charge on any atom is 0.472 e. The number of hydrogen-bond donors (Lipinski definition) is 2. The number of phosphoric ester groups is 1. The summed E-state index contributed by atoms with van der Waals surface area (Å²) in [5, 5.41) is 3.07. The first kappa shape index (κ1) is 82.2. The maximum atomic E-state index is 13.6. The molecule has 0 saturated heterocycles. The van der Waals surface area contributed by atoms with Crippen LogP contribution in [0.3, 0.4) is 0 Å². The molecule has 0 saturated carbocycles. The molecule has 0 aliphatic rings. The second-order valence-corrected chi connectivity index (χ2v) is 26.8. The minimum Gasteiger partial charge on any atom is -0.456 e. The summed E-state index contributed by atoms with van der Waals surface area (Å²) < 4.78 is 30.8. The van der Waals surface area contributed by atoms with E-state index in [2.05, 4.69) is 99.0 Å². The number of ether oxygens (including phenoxy) is 1. The molecule has 0 radical (unpaired) electrons. The molecule has 0 aromatic rings. The lowest BCUT2D eigenvalue weighted by molar-refractivity contribution is -0.870. The molecule has 0 aromatic heterocycles. The van der Waals surface area contributed by atoms with Crippen LogP contribution in [0.15, 0.2) is 85.1 Å². The Morgan fingerprint density at radius 2 is 0.753 bits per heavy atom. The first-order valence-electron chi connectivity index (χ1n) is 35.9. The summed E-state index contributed by atoms with van der Waals surface area (Å²) >= 11 is 0. The van der Waals surface area contributed by atoms with Crippen molar-refractivity contribution in [3.8, 4) is 0 Å². The standard InChI is InChI=1S/C75H137N2O7P/c1-7-10-13-16-19-22-25-27-29-31-33-35-36-37-38-39-40-42-43-45-47-49-52-55-58-61-64-67-74(78)76-72(71-83-85(80,81)82-70-69-77(4,5)6)73(66-63-60-57-54-51-24-21-18-15-12-9-3)84-75(79)68-65-62-59-56-53-50-48-46-44-41-34-32-30-28-26-23-20-17-14-11-8-2/h11,14,20,23,27-30,34,41,46,48,63,66,72-73H,7-10,12-13,15-19,21-22,24-26,31-33,35-40,42-45,47,49-62,64-65,67-71H2,1-6H3,(H-,76,78,80,81)/p+1/b14-11-,23-20-,29-27+,30-28-,41-34-,48-46-,66-63-. The van der Waals surface area contributed by atoms with E-state index in [-0.39, 0.29) is 31.5 Å². The van der Waals surface area contributed by atoms with Gasteiger partial charge in [-0.15, -0.1) is 0 Å². The summed E-state index contributed by atoms with van der Waals surface area (Å²) in [4.78, 5) is 37.9. The molecular formula is C75H138N2O7P+. The number of carbonyl (C=O) groups excluding carboxylic acids is 2. The Bertz CT molecular complexity index is 1730. The van der Waals surface area contributed by atoms with Crippen molar-refractivity contribution in [1.29, 1.82) is 0 Å². The second-order valence-electron chi connectivity index (χ2n) is 25.4. The smallest absolute Gasteiger partial charge is 0.456 e. The highest BCUT2D eigenvalue weighted by Crippen LogP contribution is 2.43. The van der Waals surface area contributed by atoms with E-state index in [9.17, 15) is 19.0 Å². The van der Waals surface area contributed by atoms with E-state index in [1.54, 1.807) is 0 Å². The van der Waals surface area contributed by atoms with Gasteiger partial charge in [0.15, 0.2) is 0 Å². The molecule has 0 fully saturated rings. The van der Waals surface area contributed by atoms with Gasteiger partial charge in [0.2, 0.25) is 5.91 Å². The van der Waals surface area contributed by atoms with Crippen LogP contribution in [0.1, 0.15) is 329 Å². The molecule has 0 heterocycles. The number of nitrogens with zero attached hydrogens (tertiary/aromatic N) is 1. The summed E-state index contributed by atoms with van der Waals surface area (Å²) in [6.07, 6.45) is 86.1. The van der Waals surface area contributed by atoms with Crippen molar-refractivity contribution in [2.45, 2.75) is 341 Å². The number of allylic oxidation sites excluding steroid dienone is 13. The number of quaternary nitrogens is 1. The Morgan fingerprint density at radius 3 is 1.14 bits per heavy atom. The zero-order valence-corrected chi connectivity index (χ0v) is 57.5. The number of likely N-dealkylation sites (N-methyl/N-ethyl adjacent to an activating group) is 1. The SMILES string of the molecule is CC/C=C\C/C=C\C/C=C\C/C=C\C/C=C\CCCCCCCC(=O)OC(/C=C\CCCCCCCCCCC)C(COP(=O)(O)OCC[N+](C)(C)C)NC(=O)CCCCCCCCCCCCCCCCCCC/C=C/CCCCCCCC. The fourth-order valence-corrected chi connectivity index (χ4v) is 11.1. The highest BCUT2D eigenvalue weighted by atomic mass is 31.2. The van der Waals surface area contributed by atoms with Crippen molar-refractivity contribution in [2.24, 2.45) is 0 Å². The zero-order chi connectivity index (χ0) is 62.1. The number of nitrogens with one attached hydrogen (secondary N) is 1. The van der Waals surface area contributed by atoms with Crippen LogP contribution in [0.4, 0.5) is 0 Å². The molecule has 3 unspecified atom stereocenters. The van der Waals surface area contributed by atoms with E-state index in [0.717, 1.165) is 103 Å². The molecule has 494 valence electrons. The van der Waals surface area contributed by atoms with Gasteiger partial charge in [0, 0.05) is 12.8 Å². The van der Waals surface area contributed by atoms with E-state index in [1.807, 2.05) is 33.3 Å². The average Bonchev–Trinajstić information content (AvgIpc) is 3.63. The van der Waals surface area contributed by atoms with Crippen LogP contribution in [-0.2, 0) is 27.9 Å². The Hall–Kier alpha value is -2.81. The number of hydrogen-bond acceptors (Lipinski definition) is 6. The molecule has 9 nitrogen and oxygen atoms in total. The normalized spacial score (nSPS) is 14.0. The molecule has 1 amide bonds. The van der Waals surface area contributed by atoms with E-state index in [4.69, 9.17) is 13.8 Å². The molecule has 0 aromatic carbocycles. The molecule has 10 heteroatoms. The number of unbranched alkanes of at least 4 members (excludes halogenated alkanes) is 37. The van der Waals surface area contributed by atoms with Gasteiger partial charge in [0.05, 0.1) is 33.8 Å². The first-order valence-corrected chi connectivity index (χ1v) is 37.4.